The molecule has 1 aromatic carbocycles. The Morgan fingerprint density at radius 1 is 1.14 bits per heavy atom. The molecule has 0 fully saturated rings. The topological polar surface area (TPSA) is 46.2 Å². The molecule has 0 aliphatic rings. The number of nitrogens with two attached hydrogens (primary N) is 1. The minimum absolute atomic E-state index is 0.666. The van der Waals surface area contributed by atoms with Crippen LogP contribution in [0.2, 0.25) is 0 Å². The van der Waals surface area contributed by atoms with Crippen molar-refractivity contribution < 1.29 is 5.11 Å². The Labute approximate surface area is 93.3 Å². The maximum absolute atomic E-state index is 10.3. The zero-order valence-electron chi connectivity index (χ0n) is 8.71. The SMILES string of the molecule is CC(C)(N)C(C)(O)c1ccc(Br)cc1. The minimum Gasteiger partial charge on any atom is -0.384 e. The quantitative estimate of drug-likeness (QED) is 0.855. The molecule has 0 saturated carbocycles. The third-order valence-corrected chi connectivity index (χ3v) is 3.19. The zero-order valence-corrected chi connectivity index (χ0v) is 10.3. The van der Waals surface area contributed by atoms with Gasteiger partial charge in [-0.1, -0.05) is 28.1 Å². The van der Waals surface area contributed by atoms with Gasteiger partial charge in [-0.3, -0.25) is 0 Å². The lowest BCUT2D eigenvalue weighted by molar-refractivity contribution is -0.00870. The summed E-state index contributed by atoms with van der Waals surface area (Å²) in [5, 5.41) is 10.3. The van der Waals surface area contributed by atoms with Gasteiger partial charge in [0.25, 0.3) is 0 Å². The fourth-order valence-corrected chi connectivity index (χ4v) is 1.41. The molecule has 0 aromatic heterocycles. The van der Waals surface area contributed by atoms with Gasteiger partial charge < -0.3 is 10.8 Å². The van der Waals surface area contributed by atoms with Crippen LogP contribution in [0, 0.1) is 0 Å². The first-order valence-corrected chi connectivity index (χ1v) is 5.32. The molecule has 78 valence electrons. The van der Waals surface area contributed by atoms with Crippen molar-refractivity contribution in [3.05, 3.63) is 34.3 Å². The fraction of sp³-hybridized carbons (Fsp3) is 0.455. The lowest BCUT2D eigenvalue weighted by atomic mass is 9.80. The number of halogens is 1. The molecule has 0 aliphatic heterocycles. The molecule has 1 aromatic rings. The Hall–Kier alpha value is -0.380. The summed E-state index contributed by atoms with van der Waals surface area (Å²) in [5.74, 6) is 0. The zero-order chi connectivity index (χ0) is 11.0. The van der Waals surface area contributed by atoms with Crippen molar-refractivity contribution >= 4 is 15.9 Å². The molecular weight excluding hydrogens is 242 g/mol. The van der Waals surface area contributed by atoms with Crippen molar-refractivity contribution in [3.8, 4) is 0 Å². The van der Waals surface area contributed by atoms with Crippen molar-refractivity contribution in [1.29, 1.82) is 0 Å². The molecule has 0 bridgehead atoms. The number of hydrogen-bond donors (Lipinski definition) is 2. The van der Waals surface area contributed by atoms with Crippen molar-refractivity contribution in [2.45, 2.75) is 31.9 Å². The van der Waals surface area contributed by atoms with Gasteiger partial charge >= 0.3 is 0 Å². The minimum atomic E-state index is -1.02. The van der Waals surface area contributed by atoms with Gasteiger partial charge in [0, 0.05) is 10.0 Å². The highest BCUT2D eigenvalue weighted by Gasteiger charge is 2.37. The molecule has 0 spiro atoms. The molecule has 3 N–H and O–H groups in total. The summed E-state index contributed by atoms with van der Waals surface area (Å²) in [4.78, 5) is 0. The van der Waals surface area contributed by atoms with Gasteiger partial charge in [0.05, 0.1) is 0 Å². The average molecular weight is 258 g/mol. The lowest BCUT2D eigenvalue weighted by Gasteiger charge is -2.37. The maximum Gasteiger partial charge on any atom is 0.104 e. The van der Waals surface area contributed by atoms with E-state index in [0.29, 0.717) is 0 Å². The summed E-state index contributed by atoms with van der Waals surface area (Å²) in [5.41, 5.74) is 5.06. The molecule has 0 amide bonds. The van der Waals surface area contributed by atoms with Crippen LogP contribution in [0.1, 0.15) is 26.3 Å². The Morgan fingerprint density at radius 3 is 1.93 bits per heavy atom. The van der Waals surface area contributed by atoms with Gasteiger partial charge in [0.2, 0.25) is 0 Å². The van der Waals surface area contributed by atoms with E-state index in [4.69, 9.17) is 5.73 Å². The van der Waals surface area contributed by atoms with E-state index in [0.717, 1.165) is 10.0 Å². The van der Waals surface area contributed by atoms with Gasteiger partial charge in [-0.15, -0.1) is 0 Å². The summed E-state index contributed by atoms with van der Waals surface area (Å²) < 4.78 is 0.992. The Morgan fingerprint density at radius 2 is 1.57 bits per heavy atom. The van der Waals surface area contributed by atoms with E-state index >= 15 is 0 Å². The van der Waals surface area contributed by atoms with Crippen molar-refractivity contribution in [3.63, 3.8) is 0 Å². The van der Waals surface area contributed by atoms with Gasteiger partial charge in [0.1, 0.15) is 5.60 Å². The maximum atomic E-state index is 10.3. The van der Waals surface area contributed by atoms with E-state index in [1.807, 2.05) is 38.1 Å². The van der Waals surface area contributed by atoms with E-state index in [1.165, 1.54) is 0 Å². The largest absolute Gasteiger partial charge is 0.384 e. The highest BCUT2D eigenvalue weighted by molar-refractivity contribution is 9.10. The highest BCUT2D eigenvalue weighted by Crippen LogP contribution is 2.31. The molecule has 3 heteroatoms. The van der Waals surface area contributed by atoms with Gasteiger partial charge in [0.15, 0.2) is 0 Å². The number of aliphatic hydroxyl groups is 1. The van der Waals surface area contributed by atoms with Crippen LogP contribution in [-0.2, 0) is 5.60 Å². The molecule has 0 aliphatic carbocycles. The van der Waals surface area contributed by atoms with E-state index in [2.05, 4.69) is 15.9 Å². The van der Waals surface area contributed by atoms with E-state index < -0.39 is 11.1 Å². The summed E-state index contributed by atoms with van der Waals surface area (Å²) >= 11 is 3.35. The van der Waals surface area contributed by atoms with E-state index in [1.54, 1.807) is 6.92 Å². The predicted molar refractivity (Wildman–Crippen MR) is 62.0 cm³/mol. The average Bonchev–Trinajstić information content (AvgIpc) is 2.03. The van der Waals surface area contributed by atoms with Gasteiger partial charge in [-0.25, -0.2) is 0 Å². The smallest absolute Gasteiger partial charge is 0.104 e. The normalized spacial score (nSPS) is 16.4. The second-order valence-electron chi connectivity index (χ2n) is 4.30. The first-order chi connectivity index (χ1) is 6.25. The van der Waals surface area contributed by atoms with Crippen LogP contribution in [0.15, 0.2) is 28.7 Å². The summed E-state index contributed by atoms with van der Waals surface area (Å²) in [6.07, 6.45) is 0. The van der Waals surface area contributed by atoms with Crippen LogP contribution in [0.25, 0.3) is 0 Å². The third-order valence-electron chi connectivity index (χ3n) is 2.66. The van der Waals surface area contributed by atoms with Crippen molar-refractivity contribution in [2.75, 3.05) is 0 Å². The van der Waals surface area contributed by atoms with Crippen LogP contribution >= 0.6 is 15.9 Å². The molecule has 0 heterocycles. The molecule has 0 saturated heterocycles. The van der Waals surface area contributed by atoms with Gasteiger partial charge in [-0.05, 0) is 38.5 Å². The first-order valence-electron chi connectivity index (χ1n) is 4.52. The number of rotatable bonds is 2. The van der Waals surface area contributed by atoms with E-state index in [-0.39, 0.29) is 0 Å². The number of hydrogen-bond acceptors (Lipinski definition) is 2. The van der Waals surface area contributed by atoms with Crippen LogP contribution in [-0.4, -0.2) is 10.6 Å². The second-order valence-corrected chi connectivity index (χ2v) is 5.22. The molecule has 1 unspecified atom stereocenters. The fourth-order valence-electron chi connectivity index (χ4n) is 1.15. The van der Waals surface area contributed by atoms with Crippen LogP contribution in [0.3, 0.4) is 0 Å². The summed E-state index contributed by atoms with van der Waals surface area (Å²) in [6, 6.07) is 7.54. The van der Waals surface area contributed by atoms with Crippen LogP contribution < -0.4 is 5.73 Å². The monoisotopic (exact) mass is 257 g/mol. The van der Waals surface area contributed by atoms with Crippen LogP contribution in [0.4, 0.5) is 0 Å². The predicted octanol–water partition coefficient (Wildman–Crippen LogP) is 2.39. The Balaban J connectivity index is 3.10. The standard InChI is InChI=1S/C11H16BrNO/c1-10(2,13)11(3,14)8-4-6-9(12)7-5-8/h4-7,14H,13H2,1-3H3. The number of benzene rings is 1. The van der Waals surface area contributed by atoms with Crippen LogP contribution in [0.5, 0.6) is 0 Å². The molecule has 1 atom stereocenters. The molecular formula is C11H16BrNO. The summed E-state index contributed by atoms with van der Waals surface area (Å²) in [6.45, 7) is 5.36. The highest BCUT2D eigenvalue weighted by atomic mass is 79.9. The molecule has 14 heavy (non-hydrogen) atoms. The molecule has 1 rings (SSSR count). The molecule has 2 nitrogen and oxygen atoms in total. The Kier molecular flexibility index (Phi) is 3.04. The third kappa shape index (κ3) is 2.16. The van der Waals surface area contributed by atoms with Crippen molar-refractivity contribution in [1.82, 2.24) is 0 Å². The lowest BCUT2D eigenvalue weighted by Crippen LogP contribution is -2.52. The first kappa shape index (κ1) is 11.7. The second kappa shape index (κ2) is 3.65. The molecule has 0 radical (unpaired) electrons. The van der Waals surface area contributed by atoms with Gasteiger partial charge in [-0.2, -0.15) is 0 Å². The van der Waals surface area contributed by atoms with E-state index in [9.17, 15) is 5.11 Å². The Bertz CT molecular complexity index is 311. The summed E-state index contributed by atoms with van der Waals surface area (Å²) in [7, 11) is 0. The van der Waals surface area contributed by atoms with Crippen molar-refractivity contribution in [2.24, 2.45) is 5.73 Å².